The van der Waals surface area contributed by atoms with E-state index in [4.69, 9.17) is 4.98 Å². The molecule has 3 nitrogen and oxygen atoms in total. The SMILES string of the molecule is CCc1nc2c(s1)C(NCC(O)CC(C)C)CCC2. The summed E-state index contributed by atoms with van der Waals surface area (Å²) >= 11 is 1.85. The quantitative estimate of drug-likeness (QED) is 0.843. The molecule has 2 rings (SSSR count). The van der Waals surface area contributed by atoms with Gasteiger partial charge in [-0.2, -0.15) is 0 Å². The molecule has 0 saturated heterocycles. The molecule has 0 aliphatic heterocycles. The van der Waals surface area contributed by atoms with Gasteiger partial charge in [0, 0.05) is 17.5 Å². The van der Waals surface area contributed by atoms with E-state index in [2.05, 4.69) is 26.1 Å². The van der Waals surface area contributed by atoms with Crippen LogP contribution in [0.25, 0.3) is 0 Å². The first-order chi connectivity index (χ1) is 9.10. The van der Waals surface area contributed by atoms with Crippen molar-refractivity contribution in [2.24, 2.45) is 5.92 Å². The third-order valence-corrected chi connectivity index (χ3v) is 5.00. The van der Waals surface area contributed by atoms with E-state index in [9.17, 15) is 5.11 Å². The molecule has 2 N–H and O–H groups in total. The molecule has 1 aliphatic rings. The first-order valence-electron chi connectivity index (χ1n) is 7.50. The number of fused-ring (bicyclic) bond motifs is 1. The molecule has 19 heavy (non-hydrogen) atoms. The van der Waals surface area contributed by atoms with Crippen LogP contribution in [-0.2, 0) is 12.8 Å². The van der Waals surface area contributed by atoms with Gasteiger partial charge in [-0.3, -0.25) is 0 Å². The fraction of sp³-hybridized carbons (Fsp3) is 0.800. The Balaban J connectivity index is 1.93. The van der Waals surface area contributed by atoms with Crippen LogP contribution in [0.3, 0.4) is 0 Å². The molecular formula is C15H26N2OS. The van der Waals surface area contributed by atoms with Crippen LogP contribution in [0.2, 0.25) is 0 Å². The van der Waals surface area contributed by atoms with Gasteiger partial charge < -0.3 is 10.4 Å². The zero-order valence-electron chi connectivity index (χ0n) is 12.3. The van der Waals surface area contributed by atoms with E-state index in [1.165, 1.54) is 28.4 Å². The second-order valence-corrected chi connectivity index (χ2v) is 7.02. The van der Waals surface area contributed by atoms with Crippen LogP contribution in [-0.4, -0.2) is 22.7 Å². The lowest BCUT2D eigenvalue weighted by molar-refractivity contribution is 0.141. The van der Waals surface area contributed by atoms with E-state index in [-0.39, 0.29) is 6.10 Å². The Morgan fingerprint density at radius 2 is 2.26 bits per heavy atom. The van der Waals surface area contributed by atoms with Crippen molar-refractivity contribution in [1.29, 1.82) is 0 Å². The van der Waals surface area contributed by atoms with E-state index >= 15 is 0 Å². The standard InChI is InChI=1S/C15H26N2OS/c1-4-14-17-13-7-5-6-12(15(13)19-14)16-9-11(18)8-10(2)3/h10-12,16,18H,4-9H2,1-3H3. The highest BCUT2D eigenvalue weighted by molar-refractivity contribution is 7.11. The summed E-state index contributed by atoms with van der Waals surface area (Å²) in [6.45, 7) is 7.16. The molecule has 0 fully saturated rings. The van der Waals surface area contributed by atoms with Gasteiger partial charge >= 0.3 is 0 Å². The van der Waals surface area contributed by atoms with Gasteiger partial charge in [0.1, 0.15) is 0 Å². The van der Waals surface area contributed by atoms with Crippen molar-refractivity contribution in [3.63, 3.8) is 0 Å². The molecule has 0 saturated carbocycles. The van der Waals surface area contributed by atoms with Crippen LogP contribution >= 0.6 is 11.3 Å². The topological polar surface area (TPSA) is 45.2 Å². The Bertz CT molecular complexity index is 403. The Hall–Kier alpha value is -0.450. The number of hydrogen-bond donors (Lipinski definition) is 2. The lowest BCUT2D eigenvalue weighted by atomic mass is 9.97. The smallest absolute Gasteiger partial charge is 0.0928 e. The summed E-state index contributed by atoms with van der Waals surface area (Å²) in [5.74, 6) is 0.550. The zero-order chi connectivity index (χ0) is 13.8. The third-order valence-electron chi connectivity index (χ3n) is 3.64. The predicted molar refractivity (Wildman–Crippen MR) is 80.6 cm³/mol. The van der Waals surface area contributed by atoms with Crippen LogP contribution in [0.5, 0.6) is 0 Å². The van der Waals surface area contributed by atoms with E-state index in [1.54, 1.807) is 0 Å². The largest absolute Gasteiger partial charge is 0.392 e. The number of aliphatic hydroxyl groups excluding tert-OH is 1. The number of hydrogen-bond acceptors (Lipinski definition) is 4. The molecule has 0 bridgehead atoms. The van der Waals surface area contributed by atoms with Crippen LogP contribution in [0.4, 0.5) is 0 Å². The van der Waals surface area contributed by atoms with Gasteiger partial charge in [-0.1, -0.05) is 20.8 Å². The summed E-state index contributed by atoms with van der Waals surface area (Å²) < 4.78 is 0. The van der Waals surface area contributed by atoms with Crippen molar-refractivity contribution >= 4 is 11.3 Å². The summed E-state index contributed by atoms with van der Waals surface area (Å²) in [5.41, 5.74) is 1.30. The number of aryl methyl sites for hydroxylation is 2. The average Bonchev–Trinajstić information content (AvgIpc) is 2.78. The van der Waals surface area contributed by atoms with Crippen molar-refractivity contribution in [3.05, 3.63) is 15.6 Å². The lowest BCUT2D eigenvalue weighted by Gasteiger charge is -2.24. The molecule has 2 unspecified atom stereocenters. The van der Waals surface area contributed by atoms with Gasteiger partial charge in [-0.15, -0.1) is 11.3 Å². The minimum absolute atomic E-state index is 0.232. The normalized spacial score (nSPS) is 20.6. The Morgan fingerprint density at radius 1 is 1.47 bits per heavy atom. The summed E-state index contributed by atoms with van der Waals surface area (Å²) in [4.78, 5) is 6.13. The van der Waals surface area contributed by atoms with Gasteiger partial charge in [-0.05, 0) is 38.0 Å². The molecule has 2 atom stereocenters. The monoisotopic (exact) mass is 282 g/mol. The van der Waals surface area contributed by atoms with Crippen LogP contribution < -0.4 is 5.32 Å². The second-order valence-electron chi connectivity index (χ2n) is 5.91. The first kappa shape index (κ1) is 14.9. The minimum atomic E-state index is -0.232. The predicted octanol–water partition coefficient (Wildman–Crippen LogP) is 3.08. The molecular weight excluding hydrogens is 256 g/mol. The van der Waals surface area contributed by atoms with E-state index in [1.807, 2.05) is 11.3 Å². The maximum Gasteiger partial charge on any atom is 0.0928 e. The molecule has 1 aromatic heterocycles. The van der Waals surface area contributed by atoms with Gasteiger partial charge in [-0.25, -0.2) is 4.98 Å². The molecule has 0 aromatic carbocycles. The number of nitrogens with one attached hydrogen (secondary N) is 1. The Morgan fingerprint density at radius 3 is 2.95 bits per heavy atom. The molecule has 4 heteroatoms. The highest BCUT2D eigenvalue weighted by Crippen LogP contribution is 2.34. The van der Waals surface area contributed by atoms with Crippen molar-refractivity contribution in [2.75, 3.05) is 6.54 Å². The Kier molecular flexibility index (Phi) is 5.37. The summed E-state index contributed by atoms with van der Waals surface area (Å²) in [6.07, 6.45) is 5.17. The maximum atomic E-state index is 9.97. The highest BCUT2D eigenvalue weighted by Gasteiger charge is 2.24. The van der Waals surface area contributed by atoms with E-state index in [0.717, 1.165) is 19.3 Å². The molecule has 0 amide bonds. The van der Waals surface area contributed by atoms with Gasteiger partial charge in [0.05, 0.1) is 16.8 Å². The number of aromatic nitrogens is 1. The number of aliphatic hydroxyl groups is 1. The molecule has 0 radical (unpaired) electrons. The summed E-state index contributed by atoms with van der Waals surface area (Å²) in [7, 11) is 0. The zero-order valence-corrected chi connectivity index (χ0v) is 13.1. The van der Waals surface area contributed by atoms with Crippen LogP contribution in [0.1, 0.15) is 61.7 Å². The number of thiazole rings is 1. The van der Waals surface area contributed by atoms with Crippen molar-refractivity contribution in [2.45, 2.75) is 65.0 Å². The molecule has 1 aliphatic carbocycles. The van der Waals surface area contributed by atoms with Crippen molar-refractivity contribution in [3.8, 4) is 0 Å². The molecule has 1 heterocycles. The van der Waals surface area contributed by atoms with Crippen molar-refractivity contribution in [1.82, 2.24) is 10.3 Å². The first-order valence-corrected chi connectivity index (χ1v) is 8.31. The van der Waals surface area contributed by atoms with Crippen LogP contribution in [0, 0.1) is 5.92 Å². The molecule has 0 spiro atoms. The fourth-order valence-corrected chi connectivity index (χ4v) is 3.89. The minimum Gasteiger partial charge on any atom is -0.392 e. The third kappa shape index (κ3) is 4.01. The number of nitrogens with zero attached hydrogens (tertiary/aromatic N) is 1. The van der Waals surface area contributed by atoms with E-state index in [0.29, 0.717) is 18.5 Å². The van der Waals surface area contributed by atoms with Gasteiger partial charge in [0.25, 0.3) is 0 Å². The summed E-state index contributed by atoms with van der Waals surface area (Å²) in [6, 6.07) is 0.406. The van der Waals surface area contributed by atoms with Crippen LogP contribution in [0.15, 0.2) is 0 Å². The highest BCUT2D eigenvalue weighted by atomic mass is 32.1. The average molecular weight is 282 g/mol. The van der Waals surface area contributed by atoms with E-state index < -0.39 is 0 Å². The number of rotatable bonds is 6. The molecule has 108 valence electrons. The fourth-order valence-electron chi connectivity index (χ4n) is 2.72. The van der Waals surface area contributed by atoms with Crippen molar-refractivity contribution < 1.29 is 5.11 Å². The summed E-state index contributed by atoms with van der Waals surface area (Å²) in [5, 5.41) is 14.8. The lowest BCUT2D eigenvalue weighted by Crippen LogP contribution is -2.32. The van der Waals surface area contributed by atoms with Gasteiger partial charge in [0.15, 0.2) is 0 Å². The maximum absolute atomic E-state index is 9.97. The Labute approximate surface area is 120 Å². The second kappa shape index (κ2) is 6.82. The molecule has 1 aromatic rings. The van der Waals surface area contributed by atoms with Gasteiger partial charge in [0.2, 0.25) is 0 Å².